The molecule has 72 valence electrons. The molecule has 0 atom stereocenters. The van der Waals surface area contributed by atoms with Crippen molar-refractivity contribution in [2.24, 2.45) is 0 Å². The van der Waals surface area contributed by atoms with Crippen molar-refractivity contribution in [3.63, 3.8) is 0 Å². The minimum atomic E-state index is 0.838. The van der Waals surface area contributed by atoms with Crippen molar-refractivity contribution in [1.29, 1.82) is 0 Å². The molecule has 0 fully saturated rings. The van der Waals surface area contributed by atoms with Gasteiger partial charge in [-0.15, -0.1) is 11.3 Å². The molecule has 0 aliphatic rings. The number of thiophene rings is 1. The predicted molar refractivity (Wildman–Crippen MR) is 67.4 cm³/mol. The number of rotatable bonds is 2. The molecule has 0 aliphatic heterocycles. The minimum Gasteiger partial charge on any atom is -0.464 e. The van der Waals surface area contributed by atoms with E-state index in [2.05, 4.69) is 31.9 Å². The van der Waals surface area contributed by atoms with Gasteiger partial charge in [0, 0.05) is 9.35 Å². The molecular formula is C10H6Br2OS. The Hall–Kier alpha value is -0.320. The normalized spacial score (nSPS) is 11.3. The molecule has 0 bridgehead atoms. The maximum absolute atomic E-state index is 5.26. The first-order valence-electron chi connectivity index (χ1n) is 3.91. The van der Waals surface area contributed by atoms with Gasteiger partial charge in [0.05, 0.1) is 10.7 Å². The minimum absolute atomic E-state index is 0.838. The molecule has 1 nitrogen and oxygen atoms in total. The Balaban J connectivity index is 2.23. The summed E-state index contributed by atoms with van der Waals surface area (Å²) >= 11 is 8.55. The van der Waals surface area contributed by atoms with Crippen molar-refractivity contribution in [3.05, 3.63) is 43.4 Å². The summed E-state index contributed by atoms with van der Waals surface area (Å²) in [4.78, 5) is 1.19. The zero-order chi connectivity index (χ0) is 9.97. The fourth-order valence-corrected chi connectivity index (χ4v) is 2.73. The Morgan fingerprint density at radius 3 is 2.57 bits per heavy atom. The molecule has 2 heterocycles. The van der Waals surface area contributed by atoms with Gasteiger partial charge >= 0.3 is 0 Å². The second-order valence-electron chi connectivity index (χ2n) is 2.60. The van der Waals surface area contributed by atoms with Gasteiger partial charge in [0.1, 0.15) is 5.76 Å². The molecule has 0 aliphatic carbocycles. The van der Waals surface area contributed by atoms with Crippen LogP contribution >= 0.6 is 43.2 Å². The zero-order valence-electron chi connectivity index (χ0n) is 7.04. The van der Waals surface area contributed by atoms with E-state index in [1.54, 1.807) is 17.6 Å². The summed E-state index contributed by atoms with van der Waals surface area (Å²) in [6.07, 6.45) is 5.63. The van der Waals surface area contributed by atoms with Crippen molar-refractivity contribution >= 4 is 55.3 Å². The van der Waals surface area contributed by atoms with Crippen LogP contribution in [0.15, 0.2) is 37.1 Å². The van der Waals surface area contributed by atoms with Gasteiger partial charge < -0.3 is 4.42 Å². The molecule has 0 radical (unpaired) electrons. The van der Waals surface area contributed by atoms with Crippen molar-refractivity contribution in [2.75, 3.05) is 0 Å². The second kappa shape index (κ2) is 4.47. The molecule has 2 aromatic rings. The largest absolute Gasteiger partial charge is 0.464 e. The molecule has 0 saturated carbocycles. The lowest BCUT2D eigenvalue weighted by Crippen LogP contribution is -1.65. The predicted octanol–water partition coefficient (Wildman–Crippen LogP) is 5.04. The van der Waals surface area contributed by atoms with Crippen molar-refractivity contribution in [1.82, 2.24) is 0 Å². The molecule has 0 amide bonds. The van der Waals surface area contributed by atoms with E-state index >= 15 is 0 Å². The van der Waals surface area contributed by atoms with Crippen LogP contribution in [0.5, 0.6) is 0 Å². The molecular weight excluding hydrogens is 328 g/mol. The van der Waals surface area contributed by atoms with Gasteiger partial charge in [-0.2, -0.15) is 0 Å². The van der Waals surface area contributed by atoms with Crippen LogP contribution in [0.1, 0.15) is 10.6 Å². The van der Waals surface area contributed by atoms with E-state index in [0.29, 0.717) is 0 Å². The van der Waals surface area contributed by atoms with Crippen LogP contribution in [0.4, 0.5) is 0 Å². The van der Waals surface area contributed by atoms with Gasteiger partial charge in [-0.25, -0.2) is 0 Å². The van der Waals surface area contributed by atoms with Crippen LogP contribution < -0.4 is 0 Å². The monoisotopic (exact) mass is 332 g/mol. The Morgan fingerprint density at radius 1 is 1.14 bits per heavy atom. The van der Waals surface area contributed by atoms with E-state index in [0.717, 1.165) is 14.7 Å². The topological polar surface area (TPSA) is 13.1 Å². The third kappa shape index (κ3) is 2.19. The number of hydrogen-bond acceptors (Lipinski definition) is 2. The molecule has 0 N–H and O–H groups in total. The van der Waals surface area contributed by atoms with Crippen LogP contribution in [-0.4, -0.2) is 0 Å². The summed E-state index contributed by atoms with van der Waals surface area (Å²) < 4.78 is 7.34. The third-order valence-corrected chi connectivity index (χ3v) is 4.17. The van der Waals surface area contributed by atoms with E-state index < -0.39 is 0 Å². The van der Waals surface area contributed by atoms with Crippen molar-refractivity contribution < 1.29 is 4.42 Å². The van der Waals surface area contributed by atoms with Crippen molar-refractivity contribution in [2.45, 2.75) is 0 Å². The highest BCUT2D eigenvalue weighted by Crippen LogP contribution is 2.26. The van der Waals surface area contributed by atoms with E-state index in [9.17, 15) is 0 Å². The number of furan rings is 1. The standard InChI is InChI=1S/C10H6Br2OS/c11-7-3-5-13-9(7)1-2-10-8(12)4-6-14-10/h1-6H/b2-1-. The highest BCUT2D eigenvalue weighted by molar-refractivity contribution is 9.10. The van der Waals surface area contributed by atoms with Crippen LogP contribution in [-0.2, 0) is 0 Å². The maximum atomic E-state index is 5.26. The van der Waals surface area contributed by atoms with E-state index in [1.165, 1.54) is 4.88 Å². The molecule has 2 rings (SSSR count). The smallest absolute Gasteiger partial charge is 0.140 e. The van der Waals surface area contributed by atoms with Crippen LogP contribution in [0, 0.1) is 0 Å². The Kier molecular flexibility index (Phi) is 3.26. The number of hydrogen-bond donors (Lipinski definition) is 0. The quantitative estimate of drug-likeness (QED) is 0.750. The van der Waals surface area contributed by atoms with Gasteiger partial charge in [0.15, 0.2) is 0 Å². The lowest BCUT2D eigenvalue weighted by Gasteiger charge is -1.88. The fourth-order valence-electron chi connectivity index (χ4n) is 1.00. The lowest BCUT2D eigenvalue weighted by atomic mass is 10.3. The second-order valence-corrected chi connectivity index (χ2v) is 5.26. The summed E-state index contributed by atoms with van der Waals surface area (Å²) in [6.45, 7) is 0. The van der Waals surface area contributed by atoms with E-state index in [4.69, 9.17) is 4.42 Å². The molecule has 0 unspecified atom stereocenters. The molecule has 0 spiro atoms. The molecule has 0 aromatic carbocycles. The molecule has 2 aromatic heterocycles. The average molecular weight is 334 g/mol. The summed E-state index contributed by atoms with van der Waals surface area (Å²) in [5.74, 6) is 0.838. The van der Waals surface area contributed by atoms with Crippen LogP contribution in [0.25, 0.3) is 12.2 Å². The first-order chi connectivity index (χ1) is 6.77. The highest BCUT2D eigenvalue weighted by Gasteiger charge is 2.00. The van der Waals surface area contributed by atoms with Crippen LogP contribution in [0.3, 0.4) is 0 Å². The lowest BCUT2D eigenvalue weighted by molar-refractivity contribution is 0.556. The first-order valence-corrected chi connectivity index (χ1v) is 6.38. The zero-order valence-corrected chi connectivity index (χ0v) is 11.0. The third-order valence-electron chi connectivity index (χ3n) is 1.68. The van der Waals surface area contributed by atoms with Gasteiger partial charge in [0.25, 0.3) is 0 Å². The van der Waals surface area contributed by atoms with E-state index in [-0.39, 0.29) is 0 Å². The highest BCUT2D eigenvalue weighted by atomic mass is 79.9. The Labute approximate surface area is 103 Å². The van der Waals surface area contributed by atoms with Crippen LogP contribution in [0.2, 0.25) is 0 Å². The summed E-state index contributed by atoms with van der Waals surface area (Å²) in [5.41, 5.74) is 0. The Morgan fingerprint density at radius 2 is 2.00 bits per heavy atom. The fraction of sp³-hybridized carbons (Fsp3) is 0. The van der Waals surface area contributed by atoms with E-state index in [1.807, 2.05) is 29.7 Å². The summed E-state index contributed by atoms with van der Waals surface area (Å²) in [5, 5.41) is 2.04. The van der Waals surface area contributed by atoms with Gasteiger partial charge in [-0.3, -0.25) is 0 Å². The first kappa shape index (κ1) is 10.2. The van der Waals surface area contributed by atoms with Gasteiger partial charge in [0.2, 0.25) is 0 Å². The molecule has 4 heteroatoms. The summed E-state index contributed by atoms with van der Waals surface area (Å²) in [6, 6.07) is 3.91. The Bertz CT molecular complexity index is 414. The molecule has 14 heavy (non-hydrogen) atoms. The maximum Gasteiger partial charge on any atom is 0.140 e. The molecule has 0 saturated heterocycles. The summed E-state index contributed by atoms with van der Waals surface area (Å²) in [7, 11) is 0. The SMILES string of the molecule is Brc1ccoc1/C=C\c1sccc1Br. The average Bonchev–Trinajstić information content (AvgIpc) is 2.72. The van der Waals surface area contributed by atoms with Gasteiger partial charge in [-0.05, 0) is 61.5 Å². The number of halogens is 2. The van der Waals surface area contributed by atoms with Gasteiger partial charge in [-0.1, -0.05) is 0 Å². The van der Waals surface area contributed by atoms with Crippen molar-refractivity contribution in [3.8, 4) is 0 Å².